The van der Waals surface area contributed by atoms with Crippen LogP contribution in [0, 0.1) is 6.92 Å². The molecular weight excluding hydrogens is 442 g/mol. The lowest BCUT2D eigenvalue weighted by Gasteiger charge is -2.17. The van der Waals surface area contributed by atoms with Crippen molar-refractivity contribution in [1.82, 2.24) is 4.90 Å². The summed E-state index contributed by atoms with van der Waals surface area (Å²) in [5.41, 5.74) is 3.28. The molecule has 1 saturated heterocycles. The van der Waals surface area contributed by atoms with Gasteiger partial charge in [-0.1, -0.05) is 67.7 Å². The van der Waals surface area contributed by atoms with E-state index >= 15 is 0 Å². The first-order chi connectivity index (χ1) is 15.4. The van der Waals surface area contributed by atoms with Crippen molar-refractivity contribution in [1.29, 1.82) is 0 Å². The van der Waals surface area contributed by atoms with E-state index < -0.39 is 0 Å². The number of anilines is 2. The van der Waals surface area contributed by atoms with E-state index in [9.17, 15) is 14.4 Å². The Hall–Kier alpha value is -2.97. The number of amides is 3. The second kappa shape index (κ2) is 9.26. The first kappa shape index (κ1) is 22.2. The number of nitrogens with zero attached hydrogens (tertiary/aromatic N) is 2. The first-order valence-corrected chi connectivity index (χ1v) is 11.7. The standard InChI is InChI=1S/C24H23N3O3S2/c1-3-4-12-26-23(30)21(32-24(26)31)20-17-10-5-6-11-18(17)27(22(20)29)14-19(28)25-16-9-7-8-15(2)13-16/h5-11,13H,3-4,12,14H2,1-2H3,(H,25,28)/b21-20+. The van der Waals surface area contributed by atoms with Crippen LogP contribution < -0.4 is 10.2 Å². The number of benzene rings is 2. The number of para-hydroxylation sites is 1. The number of unbranched alkanes of at least 4 members (excludes halogenated alkanes) is 1. The van der Waals surface area contributed by atoms with Crippen molar-refractivity contribution in [3.05, 3.63) is 64.6 Å². The molecule has 0 bridgehead atoms. The second-order valence-corrected chi connectivity index (χ2v) is 9.35. The molecule has 164 valence electrons. The van der Waals surface area contributed by atoms with E-state index in [1.54, 1.807) is 23.1 Å². The molecule has 2 heterocycles. The highest BCUT2D eigenvalue weighted by atomic mass is 32.2. The average molecular weight is 466 g/mol. The van der Waals surface area contributed by atoms with E-state index in [4.69, 9.17) is 12.2 Å². The number of thiocarbonyl (C=S) groups is 1. The zero-order valence-electron chi connectivity index (χ0n) is 17.9. The van der Waals surface area contributed by atoms with Crippen molar-refractivity contribution in [2.75, 3.05) is 23.3 Å². The summed E-state index contributed by atoms with van der Waals surface area (Å²) >= 11 is 6.57. The van der Waals surface area contributed by atoms with Crippen LogP contribution in [0.2, 0.25) is 0 Å². The minimum absolute atomic E-state index is 0.149. The van der Waals surface area contributed by atoms with E-state index in [2.05, 4.69) is 5.32 Å². The quantitative estimate of drug-likeness (QED) is 0.507. The fourth-order valence-electron chi connectivity index (χ4n) is 3.78. The summed E-state index contributed by atoms with van der Waals surface area (Å²) in [7, 11) is 0. The number of fused-ring (bicyclic) bond motifs is 1. The Balaban J connectivity index is 1.63. The molecule has 0 unspecified atom stereocenters. The maximum Gasteiger partial charge on any atom is 0.267 e. The van der Waals surface area contributed by atoms with Crippen LogP contribution in [-0.4, -0.2) is 40.0 Å². The van der Waals surface area contributed by atoms with Gasteiger partial charge in [0.15, 0.2) is 0 Å². The highest BCUT2D eigenvalue weighted by Crippen LogP contribution is 2.44. The maximum atomic E-state index is 13.4. The Morgan fingerprint density at radius 1 is 1.06 bits per heavy atom. The molecular formula is C24H23N3O3S2. The number of nitrogens with one attached hydrogen (secondary N) is 1. The van der Waals surface area contributed by atoms with Gasteiger partial charge in [0, 0.05) is 17.8 Å². The van der Waals surface area contributed by atoms with Gasteiger partial charge in [-0.15, -0.1) is 0 Å². The predicted octanol–water partition coefficient (Wildman–Crippen LogP) is 4.35. The zero-order chi connectivity index (χ0) is 22.8. The topological polar surface area (TPSA) is 69.7 Å². The molecule has 4 rings (SSSR count). The van der Waals surface area contributed by atoms with Gasteiger partial charge in [0.1, 0.15) is 10.9 Å². The third kappa shape index (κ3) is 4.20. The highest BCUT2D eigenvalue weighted by Gasteiger charge is 2.42. The summed E-state index contributed by atoms with van der Waals surface area (Å²) < 4.78 is 0.465. The van der Waals surface area contributed by atoms with Crippen molar-refractivity contribution in [3.8, 4) is 0 Å². The van der Waals surface area contributed by atoms with Crippen molar-refractivity contribution in [2.24, 2.45) is 0 Å². The summed E-state index contributed by atoms with van der Waals surface area (Å²) in [5.74, 6) is -0.908. The van der Waals surface area contributed by atoms with Crippen LogP contribution in [0.25, 0.3) is 5.57 Å². The Kier molecular flexibility index (Phi) is 6.43. The van der Waals surface area contributed by atoms with E-state index in [0.29, 0.717) is 38.3 Å². The highest BCUT2D eigenvalue weighted by molar-refractivity contribution is 8.26. The van der Waals surface area contributed by atoms with E-state index in [1.165, 1.54) is 4.90 Å². The summed E-state index contributed by atoms with van der Waals surface area (Å²) in [6.45, 7) is 4.38. The Bertz CT molecular complexity index is 1160. The minimum atomic E-state index is -0.360. The summed E-state index contributed by atoms with van der Waals surface area (Å²) in [4.78, 5) is 42.6. The fourth-order valence-corrected chi connectivity index (χ4v) is 5.16. The van der Waals surface area contributed by atoms with Gasteiger partial charge >= 0.3 is 0 Å². The summed E-state index contributed by atoms with van der Waals surface area (Å²) in [5, 5.41) is 2.84. The van der Waals surface area contributed by atoms with Gasteiger partial charge in [0.2, 0.25) is 5.91 Å². The lowest BCUT2D eigenvalue weighted by molar-refractivity contribution is -0.122. The smallest absolute Gasteiger partial charge is 0.267 e. The van der Waals surface area contributed by atoms with Gasteiger partial charge in [-0.05, 0) is 37.1 Å². The Morgan fingerprint density at radius 2 is 1.84 bits per heavy atom. The lowest BCUT2D eigenvalue weighted by Crippen LogP contribution is -2.35. The van der Waals surface area contributed by atoms with Crippen molar-refractivity contribution in [2.45, 2.75) is 26.7 Å². The Morgan fingerprint density at radius 3 is 2.59 bits per heavy atom. The van der Waals surface area contributed by atoms with E-state index in [0.717, 1.165) is 30.2 Å². The number of rotatable bonds is 6. The molecule has 0 atom stereocenters. The van der Waals surface area contributed by atoms with Crippen molar-refractivity contribution < 1.29 is 14.4 Å². The third-order valence-corrected chi connectivity index (χ3v) is 6.79. The average Bonchev–Trinajstić information content (AvgIpc) is 3.19. The second-order valence-electron chi connectivity index (χ2n) is 7.71. The molecule has 0 aromatic heterocycles. The molecule has 2 aromatic rings. The molecule has 3 amide bonds. The summed E-state index contributed by atoms with van der Waals surface area (Å²) in [6, 6.07) is 14.7. The van der Waals surface area contributed by atoms with Crippen LogP contribution in [0.4, 0.5) is 11.4 Å². The minimum Gasteiger partial charge on any atom is -0.325 e. The zero-order valence-corrected chi connectivity index (χ0v) is 19.5. The number of hydrogen-bond acceptors (Lipinski definition) is 5. The third-order valence-electron chi connectivity index (χ3n) is 5.34. The molecule has 0 saturated carbocycles. The number of aryl methyl sites for hydroxylation is 1. The van der Waals surface area contributed by atoms with Gasteiger partial charge in [-0.2, -0.15) is 0 Å². The predicted molar refractivity (Wildman–Crippen MR) is 132 cm³/mol. The normalized spacial score (nSPS) is 17.9. The number of carbonyl (C=O) groups is 3. The van der Waals surface area contributed by atoms with Gasteiger partial charge < -0.3 is 5.32 Å². The number of thioether (sulfide) groups is 1. The van der Waals surface area contributed by atoms with Gasteiger partial charge in [0.05, 0.1) is 16.2 Å². The van der Waals surface area contributed by atoms with Gasteiger partial charge in [0.25, 0.3) is 11.8 Å². The molecule has 0 spiro atoms. The maximum absolute atomic E-state index is 13.4. The van der Waals surface area contributed by atoms with Crippen molar-refractivity contribution >= 4 is 63.0 Å². The van der Waals surface area contributed by atoms with Crippen LogP contribution in [-0.2, 0) is 14.4 Å². The number of hydrogen-bond donors (Lipinski definition) is 1. The molecule has 0 aliphatic carbocycles. The molecule has 8 heteroatoms. The largest absolute Gasteiger partial charge is 0.325 e. The molecule has 2 aliphatic heterocycles. The fraction of sp³-hybridized carbons (Fsp3) is 0.250. The van der Waals surface area contributed by atoms with Crippen LogP contribution in [0.1, 0.15) is 30.9 Å². The molecule has 2 aromatic carbocycles. The van der Waals surface area contributed by atoms with Crippen LogP contribution >= 0.6 is 24.0 Å². The monoisotopic (exact) mass is 465 g/mol. The molecule has 32 heavy (non-hydrogen) atoms. The molecule has 2 aliphatic rings. The first-order valence-electron chi connectivity index (χ1n) is 10.5. The van der Waals surface area contributed by atoms with Gasteiger partial charge in [-0.25, -0.2) is 0 Å². The SMILES string of the molecule is CCCCN1C(=O)/C(=C2\C(=O)N(CC(=O)Nc3cccc(C)c3)c3ccccc32)SC1=S. The number of carbonyl (C=O) groups excluding carboxylic acids is 3. The van der Waals surface area contributed by atoms with E-state index in [1.807, 2.05) is 44.2 Å². The van der Waals surface area contributed by atoms with Crippen LogP contribution in [0.15, 0.2) is 53.4 Å². The molecule has 1 N–H and O–H groups in total. The molecule has 0 radical (unpaired) electrons. The lowest BCUT2D eigenvalue weighted by atomic mass is 10.1. The Labute approximate surface area is 196 Å². The summed E-state index contributed by atoms with van der Waals surface area (Å²) in [6.07, 6.45) is 1.78. The van der Waals surface area contributed by atoms with Gasteiger partial charge in [-0.3, -0.25) is 24.2 Å². The van der Waals surface area contributed by atoms with Crippen molar-refractivity contribution in [3.63, 3.8) is 0 Å². The van der Waals surface area contributed by atoms with Crippen LogP contribution in [0.5, 0.6) is 0 Å². The molecule has 1 fully saturated rings. The molecule has 6 nitrogen and oxygen atoms in total. The van der Waals surface area contributed by atoms with Crippen LogP contribution in [0.3, 0.4) is 0 Å². The van der Waals surface area contributed by atoms with E-state index in [-0.39, 0.29) is 24.3 Å².